The van der Waals surface area contributed by atoms with Gasteiger partial charge in [-0.15, -0.1) is 34.4 Å². The van der Waals surface area contributed by atoms with Crippen LogP contribution in [0.15, 0.2) is 12.3 Å². The smallest absolute Gasteiger partial charge is 0.146 e. The first-order valence-corrected chi connectivity index (χ1v) is 11.3. The van der Waals surface area contributed by atoms with Crippen LogP contribution in [0.4, 0.5) is 0 Å². The third-order valence-corrected chi connectivity index (χ3v) is 11.0. The molecule has 0 aliphatic carbocycles. The van der Waals surface area contributed by atoms with Crippen molar-refractivity contribution in [2.24, 2.45) is 0 Å². The fraction of sp³-hybridized carbons (Fsp3) is 0.667. The largest absolute Gasteiger partial charge is 0.246 e. The summed E-state index contributed by atoms with van der Waals surface area (Å²) in [5.41, 5.74) is 3.05. The van der Waals surface area contributed by atoms with Crippen molar-refractivity contribution in [3.05, 3.63) is 12.3 Å². The van der Waals surface area contributed by atoms with Gasteiger partial charge in [0.1, 0.15) is 0 Å². The summed E-state index contributed by atoms with van der Waals surface area (Å²) in [6, 6.07) is 0. The van der Waals surface area contributed by atoms with Crippen LogP contribution in [0.25, 0.3) is 0 Å². The van der Waals surface area contributed by atoms with Crippen molar-refractivity contribution in [1.82, 2.24) is 0 Å². The van der Waals surface area contributed by atoms with Gasteiger partial charge in [-0.1, -0.05) is 13.1 Å². The Balaban J connectivity index is 4.01. The molecule has 0 unspecified atom stereocenters. The molecule has 60 valence electrons. The maximum absolute atomic E-state index is 5.99. The van der Waals surface area contributed by atoms with E-state index >= 15 is 0 Å². The number of rotatable bonds is 3. The van der Waals surface area contributed by atoms with Gasteiger partial charge < -0.3 is 0 Å². The van der Waals surface area contributed by atoms with Gasteiger partial charge in [0.25, 0.3) is 0 Å². The molecule has 0 aliphatic rings. The molecule has 10 heavy (non-hydrogen) atoms. The molecule has 0 N–H and O–H groups in total. The maximum Gasteiger partial charge on any atom is 0.246 e. The highest BCUT2D eigenvalue weighted by Crippen LogP contribution is 2.26. The van der Waals surface area contributed by atoms with E-state index < -0.39 is 14.8 Å². The first-order valence-electron chi connectivity index (χ1n) is 3.28. The molecule has 0 radical (unpaired) electrons. The lowest BCUT2D eigenvalue weighted by atomic mass is 11.3. The highest BCUT2D eigenvalue weighted by Gasteiger charge is 2.30. The van der Waals surface area contributed by atoms with Gasteiger partial charge >= 0.3 is 0 Å². The van der Waals surface area contributed by atoms with Crippen molar-refractivity contribution < 1.29 is 0 Å². The molecule has 0 amide bonds. The molecule has 0 heterocycles. The molecule has 0 aliphatic heterocycles. The molecule has 0 bridgehead atoms. The summed E-state index contributed by atoms with van der Waals surface area (Å²) < 4.78 is 0. The van der Waals surface area contributed by atoms with Gasteiger partial charge in [0.05, 0.1) is 8.07 Å². The molecule has 0 aromatic carbocycles. The molecular formula is C6H14Cl2Si2. The minimum atomic E-state index is -1.88. The minimum Gasteiger partial charge on any atom is -0.146 e. The Labute approximate surface area is 74.7 Å². The SMILES string of the molecule is C=C[Si](C)(C)C[Si](C)(Cl)Cl. The third-order valence-electron chi connectivity index (χ3n) is 1.32. The number of hydrogen-bond acceptors (Lipinski definition) is 0. The average Bonchev–Trinajstić information content (AvgIpc) is 1.60. The summed E-state index contributed by atoms with van der Waals surface area (Å²) in [4.78, 5) is 0. The zero-order chi connectivity index (χ0) is 8.41. The normalized spacial score (nSPS) is 13.3. The van der Waals surface area contributed by atoms with Gasteiger partial charge in [0.2, 0.25) is 6.69 Å². The molecular weight excluding hydrogens is 199 g/mol. The van der Waals surface area contributed by atoms with Crippen LogP contribution in [0.3, 0.4) is 0 Å². The van der Waals surface area contributed by atoms with Crippen LogP contribution in [0.2, 0.25) is 25.3 Å². The zero-order valence-electron chi connectivity index (χ0n) is 6.75. The molecule has 0 aromatic heterocycles. The van der Waals surface area contributed by atoms with E-state index in [1.807, 2.05) is 12.2 Å². The Bertz CT molecular complexity index is 126. The van der Waals surface area contributed by atoms with Crippen LogP contribution in [0.1, 0.15) is 0 Å². The van der Waals surface area contributed by atoms with Gasteiger partial charge in [0, 0.05) is 0 Å². The first-order chi connectivity index (χ1) is 4.27. The number of hydrogen-bond donors (Lipinski definition) is 0. The standard InChI is InChI=1S/C6H14Cl2Si2/c1-5-9(2,3)6-10(4,7)8/h5H,1,6H2,2-4H3. The Kier molecular flexibility index (Phi) is 3.69. The predicted molar refractivity (Wildman–Crippen MR) is 55.8 cm³/mol. The van der Waals surface area contributed by atoms with Gasteiger partial charge in [0.15, 0.2) is 0 Å². The molecule has 0 atom stereocenters. The molecule has 0 spiro atoms. The van der Waals surface area contributed by atoms with Crippen molar-refractivity contribution in [2.45, 2.75) is 25.3 Å². The van der Waals surface area contributed by atoms with E-state index in [2.05, 4.69) is 19.7 Å². The molecule has 0 saturated heterocycles. The highest BCUT2D eigenvalue weighted by atomic mass is 35.7. The summed E-state index contributed by atoms with van der Waals surface area (Å²) in [7, 11) is -1.25. The second-order valence-corrected chi connectivity index (χ2v) is 17.0. The van der Waals surface area contributed by atoms with E-state index in [0.717, 1.165) is 5.67 Å². The lowest BCUT2D eigenvalue weighted by Gasteiger charge is -2.21. The van der Waals surface area contributed by atoms with E-state index in [-0.39, 0.29) is 0 Å². The van der Waals surface area contributed by atoms with E-state index in [1.165, 1.54) is 0 Å². The molecule has 0 rings (SSSR count). The van der Waals surface area contributed by atoms with Crippen molar-refractivity contribution >= 4 is 36.9 Å². The Morgan fingerprint density at radius 3 is 1.80 bits per heavy atom. The Hall–Kier alpha value is 0.754. The van der Waals surface area contributed by atoms with Gasteiger partial charge in [-0.3, -0.25) is 0 Å². The van der Waals surface area contributed by atoms with Crippen LogP contribution >= 0.6 is 22.2 Å². The highest BCUT2D eigenvalue weighted by molar-refractivity contribution is 7.47. The topological polar surface area (TPSA) is 0 Å². The molecule has 4 heteroatoms. The van der Waals surface area contributed by atoms with Gasteiger partial charge in [-0.2, -0.15) is 0 Å². The van der Waals surface area contributed by atoms with E-state index in [9.17, 15) is 0 Å². The van der Waals surface area contributed by atoms with E-state index in [1.54, 1.807) is 0 Å². The summed E-state index contributed by atoms with van der Waals surface area (Å²) in [6.07, 6.45) is 0. The monoisotopic (exact) mass is 212 g/mol. The Morgan fingerprint density at radius 2 is 1.70 bits per heavy atom. The van der Waals surface area contributed by atoms with Crippen LogP contribution in [0, 0.1) is 0 Å². The molecule has 0 fully saturated rings. The van der Waals surface area contributed by atoms with Crippen molar-refractivity contribution in [3.8, 4) is 0 Å². The van der Waals surface area contributed by atoms with E-state index in [0.29, 0.717) is 0 Å². The second kappa shape index (κ2) is 3.43. The van der Waals surface area contributed by atoms with Crippen LogP contribution < -0.4 is 0 Å². The summed E-state index contributed by atoms with van der Waals surface area (Å²) in [5, 5.41) is 0. The first kappa shape index (κ1) is 10.8. The quantitative estimate of drug-likeness (QED) is 0.497. The Morgan fingerprint density at radius 1 is 1.30 bits per heavy atom. The predicted octanol–water partition coefficient (Wildman–Crippen LogP) is 3.51. The summed E-state index contributed by atoms with van der Waals surface area (Å²) in [5.74, 6) is 0. The van der Waals surface area contributed by atoms with Crippen molar-refractivity contribution in [3.63, 3.8) is 0 Å². The molecule has 0 aromatic rings. The fourth-order valence-corrected chi connectivity index (χ4v) is 14.0. The van der Waals surface area contributed by atoms with Crippen LogP contribution in [-0.4, -0.2) is 14.8 Å². The van der Waals surface area contributed by atoms with Crippen LogP contribution in [-0.2, 0) is 0 Å². The fourth-order valence-electron chi connectivity index (χ4n) is 0.872. The summed E-state index contributed by atoms with van der Waals surface area (Å²) >= 11 is 12.0. The molecule has 0 saturated carbocycles. The van der Waals surface area contributed by atoms with Gasteiger partial charge in [-0.25, -0.2) is 0 Å². The van der Waals surface area contributed by atoms with Crippen LogP contribution in [0.5, 0.6) is 0 Å². The minimum absolute atomic E-state index is 1.01. The van der Waals surface area contributed by atoms with Crippen molar-refractivity contribution in [1.29, 1.82) is 0 Å². The summed E-state index contributed by atoms with van der Waals surface area (Å²) in [6.45, 7) is 8.34. The zero-order valence-corrected chi connectivity index (χ0v) is 10.3. The molecule has 0 nitrogen and oxygen atoms in total. The second-order valence-electron chi connectivity index (χ2n) is 3.44. The van der Waals surface area contributed by atoms with Crippen molar-refractivity contribution in [2.75, 3.05) is 0 Å². The third kappa shape index (κ3) is 5.53. The lowest BCUT2D eigenvalue weighted by Crippen LogP contribution is -2.32. The lowest BCUT2D eigenvalue weighted by molar-refractivity contribution is 1.66. The number of halogens is 2. The van der Waals surface area contributed by atoms with E-state index in [4.69, 9.17) is 22.2 Å². The van der Waals surface area contributed by atoms with Gasteiger partial charge in [-0.05, 0) is 12.2 Å². The average molecular weight is 213 g/mol. The maximum atomic E-state index is 5.99.